The zero-order valence-electron chi connectivity index (χ0n) is 23.5. The fraction of sp³-hybridized carbons (Fsp3) is 0. The molecule has 0 saturated heterocycles. The number of hydrogen-bond acceptors (Lipinski definition) is 4. The Labute approximate surface area is 252 Å². The molecule has 0 unspecified atom stereocenters. The van der Waals surface area contributed by atoms with Crippen molar-refractivity contribution in [2.24, 2.45) is 0 Å². The number of benzene rings is 7. The molecule has 1 aliphatic carbocycles. The first-order valence-electron chi connectivity index (χ1n) is 14.8. The highest BCUT2D eigenvalue weighted by atomic mass is 15.0. The summed E-state index contributed by atoms with van der Waals surface area (Å²) >= 11 is 0. The minimum atomic E-state index is 0.664. The van der Waals surface area contributed by atoms with Gasteiger partial charge in [0, 0.05) is 22.3 Å². The lowest BCUT2D eigenvalue weighted by Gasteiger charge is -2.12. The molecule has 1 aliphatic rings. The van der Waals surface area contributed by atoms with E-state index in [1.807, 2.05) is 0 Å². The molecule has 0 bridgehead atoms. The first kappa shape index (κ1) is 23.6. The summed E-state index contributed by atoms with van der Waals surface area (Å²) in [7, 11) is 0. The second kappa shape index (κ2) is 8.76. The molecular formula is C40H22N4. The number of rotatable bonds is 2. The van der Waals surface area contributed by atoms with Crippen molar-refractivity contribution < 1.29 is 0 Å². The zero-order chi connectivity index (χ0) is 28.8. The highest BCUT2D eigenvalue weighted by molar-refractivity contribution is 6.25. The van der Waals surface area contributed by atoms with Gasteiger partial charge in [-0.05, 0) is 55.2 Å². The molecule has 0 aliphatic heterocycles. The van der Waals surface area contributed by atoms with E-state index in [1.54, 1.807) is 0 Å². The maximum absolute atomic E-state index is 5.18. The van der Waals surface area contributed by atoms with Gasteiger partial charge < -0.3 is 0 Å². The SMILES string of the molecule is c1ccc2c(c1)-c1nc(-c3ccc4ccccc4c3)nc3nc(-c4ccc5c6ccccc6c6ccccc6c5c4)nc-2c13. The van der Waals surface area contributed by atoms with E-state index < -0.39 is 0 Å². The van der Waals surface area contributed by atoms with Gasteiger partial charge >= 0.3 is 0 Å². The Kier molecular flexibility index (Phi) is 4.69. The number of fused-ring (bicyclic) bond motifs is 10. The molecule has 0 fully saturated rings. The van der Waals surface area contributed by atoms with Gasteiger partial charge in [-0.15, -0.1) is 0 Å². The topological polar surface area (TPSA) is 51.6 Å². The second-order valence-corrected chi connectivity index (χ2v) is 11.4. The lowest BCUT2D eigenvalue weighted by Crippen LogP contribution is -1.98. The molecule has 44 heavy (non-hydrogen) atoms. The van der Waals surface area contributed by atoms with E-state index >= 15 is 0 Å². The van der Waals surface area contributed by atoms with Crippen LogP contribution in [0.3, 0.4) is 0 Å². The molecule has 7 aromatic carbocycles. The van der Waals surface area contributed by atoms with Gasteiger partial charge in [0.05, 0.1) is 16.8 Å². The number of hydrogen-bond donors (Lipinski definition) is 0. The second-order valence-electron chi connectivity index (χ2n) is 11.4. The maximum atomic E-state index is 5.18. The predicted octanol–water partition coefficient (Wildman–Crippen LogP) is 10.0. The first-order chi connectivity index (χ1) is 21.8. The summed E-state index contributed by atoms with van der Waals surface area (Å²) in [5.41, 5.74) is 6.52. The zero-order valence-corrected chi connectivity index (χ0v) is 23.5. The summed E-state index contributed by atoms with van der Waals surface area (Å²) < 4.78 is 0. The fourth-order valence-electron chi connectivity index (χ4n) is 6.95. The van der Waals surface area contributed by atoms with Crippen LogP contribution in [0.4, 0.5) is 0 Å². The van der Waals surface area contributed by atoms with Gasteiger partial charge in [-0.3, -0.25) is 0 Å². The van der Waals surface area contributed by atoms with E-state index in [1.165, 1.54) is 37.7 Å². The van der Waals surface area contributed by atoms with Crippen molar-refractivity contribution in [1.82, 2.24) is 19.9 Å². The largest absolute Gasteiger partial charge is 0.227 e. The van der Waals surface area contributed by atoms with Gasteiger partial charge in [0.15, 0.2) is 17.3 Å². The van der Waals surface area contributed by atoms with Crippen LogP contribution in [0.5, 0.6) is 0 Å². The average molecular weight is 559 g/mol. The van der Waals surface area contributed by atoms with Crippen LogP contribution in [0.1, 0.15) is 0 Å². The summed E-state index contributed by atoms with van der Waals surface area (Å²) in [5.74, 6) is 1.33. The minimum Gasteiger partial charge on any atom is -0.227 e. The van der Waals surface area contributed by atoms with Crippen LogP contribution in [-0.2, 0) is 0 Å². The molecule has 202 valence electrons. The van der Waals surface area contributed by atoms with Crippen molar-refractivity contribution in [3.8, 4) is 45.3 Å². The van der Waals surface area contributed by atoms with Crippen molar-refractivity contribution in [1.29, 1.82) is 0 Å². The van der Waals surface area contributed by atoms with E-state index in [0.29, 0.717) is 17.3 Å². The molecule has 4 heteroatoms. The van der Waals surface area contributed by atoms with Gasteiger partial charge in [-0.25, -0.2) is 19.9 Å². The molecule has 4 nitrogen and oxygen atoms in total. The number of nitrogens with zero attached hydrogens (tertiary/aromatic N) is 4. The van der Waals surface area contributed by atoms with Crippen LogP contribution in [0.25, 0.3) is 99.4 Å². The van der Waals surface area contributed by atoms with Crippen molar-refractivity contribution >= 4 is 54.1 Å². The van der Waals surface area contributed by atoms with E-state index in [-0.39, 0.29) is 0 Å². The smallest absolute Gasteiger partial charge is 0.168 e. The molecular weight excluding hydrogens is 536 g/mol. The Balaban J connectivity index is 1.24. The minimum absolute atomic E-state index is 0.664. The Hall–Kier alpha value is -6.00. The van der Waals surface area contributed by atoms with Crippen molar-refractivity contribution in [3.63, 3.8) is 0 Å². The molecule has 0 amide bonds. The molecule has 0 atom stereocenters. The lowest BCUT2D eigenvalue weighted by molar-refractivity contribution is 1.16. The molecule has 0 radical (unpaired) electrons. The van der Waals surface area contributed by atoms with E-state index in [2.05, 4.69) is 133 Å². The van der Waals surface area contributed by atoms with Gasteiger partial charge in [0.1, 0.15) is 0 Å². The Morgan fingerprint density at radius 1 is 0.341 bits per heavy atom. The molecule has 0 N–H and O–H groups in total. The quantitative estimate of drug-likeness (QED) is 0.198. The van der Waals surface area contributed by atoms with Crippen LogP contribution in [0.2, 0.25) is 0 Å². The summed E-state index contributed by atoms with van der Waals surface area (Å²) in [5, 5.41) is 10.7. The van der Waals surface area contributed by atoms with Crippen LogP contribution in [0.15, 0.2) is 133 Å². The molecule has 2 heterocycles. The monoisotopic (exact) mass is 558 g/mol. The lowest BCUT2D eigenvalue weighted by atomic mass is 9.93. The van der Waals surface area contributed by atoms with Crippen LogP contribution < -0.4 is 0 Å². The summed E-state index contributed by atoms with van der Waals surface area (Å²) in [6, 6.07) is 47.0. The van der Waals surface area contributed by atoms with Crippen molar-refractivity contribution in [2.45, 2.75) is 0 Å². The van der Waals surface area contributed by atoms with Crippen molar-refractivity contribution in [3.05, 3.63) is 133 Å². The first-order valence-corrected chi connectivity index (χ1v) is 14.8. The average Bonchev–Trinajstić information content (AvgIpc) is 3.42. The third-order valence-electron chi connectivity index (χ3n) is 9.00. The standard InChI is InChI=1S/C40H22N4/c1-2-10-24-21-25(18-17-23(24)9-1)38-41-36-32-15-7-8-16-33(32)37-35(36)40(43-38)44-39(42-37)26-19-20-31-29-13-4-3-11-27(29)28-12-5-6-14-30(28)34(31)22-26/h1-22H. The predicted molar refractivity (Wildman–Crippen MR) is 180 cm³/mol. The van der Waals surface area contributed by atoms with Crippen LogP contribution in [0, 0.1) is 0 Å². The molecule has 0 spiro atoms. The third kappa shape index (κ3) is 3.28. The molecule has 2 aromatic heterocycles. The highest BCUT2D eigenvalue weighted by Gasteiger charge is 2.27. The van der Waals surface area contributed by atoms with Gasteiger partial charge in [-0.1, -0.05) is 121 Å². The Morgan fingerprint density at radius 2 is 0.818 bits per heavy atom. The van der Waals surface area contributed by atoms with Crippen LogP contribution in [-0.4, -0.2) is 19.9 Å². The summed E-state index contributed by atoms with van der Waals surface area (Å²) in [4.78, 5) is 20.5. The van der Waals surface area contributed by atoms with Crippen LogP contribution >= 0.6 is 0 Å². The van der Waals surface area contributed by atoms with Crippen molar-refractivity contribution in [2.75, 3.05) is 0 Å². The van der Waals surface area contributed by atoms with E-state index in [4.69, 9.17) is 19.9 Å². The van der Waals surface area contributed by atoms with E-state index in [9.17, 15) is 0 Å². The Morgan fingerprint density at radius 3 is 1.45 bits per heavy atom. The van der Waals surface area contributed by atoms with Gasteiger partial charge in [-0.2, -0.15) is 0 Å². The molecule has 9 aromatic rings. The third-order valence-corrected chi connectivity index (χ3v) is 9.00. The fourth-order valence-corrected chi connectivity index (χ4v) is 6.95. The summed E-state index contributed by atoms with van der Waals surface area (Å²) in [6.07, 6.45) is 0. The number of aromatic nitrogens is 4. The van der Waals surface area contributed by atoms with Gasteiger partial charge in [0.25, 0.3) is 0 Å². The van der Waals surface area contributed by atoms with Gasteiger partial charge in [0.2, 0.25) is 0 Å². The summed E-state index contributed by atoms with van der Waals surface area (Å²) in [6.45, 7) is 0. The normalized spacial score (nSPS) is 12.1. The molecule has 10 rings (SSSR count). The maximum Gasteiger partial charge on any atom is 0.168 e. The Bertz CT molecular complexity index is 2640. The highest BCUT2D eigenvalue weighted by Crippen LogP contribution is 2.46. The van der Waals surface area contributed by atoms with E-state index in [0.717, 1.165) is 44.4 Å². The molecule has 0 saturated carbocycles.